The minimum Gasteiger partial charge on any atom is -0.443 e. The van der Waals surface area contributed by atoms with Crippen LogP contribution in [0.1, 0.15) is 5.56 Å². The van der Waals surface area contributed by atoms with Gasteiger partial charge in [-0.3, -0.25) is 0 Å². The van der Waals surface area contributed by atoms with E-state index in [1.165, 1.54) is 6.39 Å². The summed E-state index contributed by atoms with van der Waals surface area (Å²) in [6, 6.07) is 5.22. The number of fused-ring (bicyclic) bond motifs is 1. The molecule has 0 bridgehead atoms. The molecule has 56 valence electrons. The Morgan fingerprint density at radius 3 is 3.18 bits per heavy atom. The summed E-state index contributed by atoms with van der Waals surface area (Å²) in [5, 5.41) is 0. The SMILES string of the molecule is FCc1cccc2ocnc12. The molecule has 2 nitrogen and oxygen atoms in total. The van der Waals surface area contributed by atoms with Gasteiger partial charge in [0.05, 0.1) is 0 Å². The fourth-order valence-electron chi connectivity index (χ4n) is 1.05. The van der Waals surface area contributed by atoms with E-state index in [1.54, 1.807) is 18.2 Å². The standard InChI is InChI=1S/C8H6FNO/c9-4-6-2-1-3-7-8(6)10-5-11-7/h1-3,5H,4H2. The van der Waals surface area contributed by atoms with Crippen LogP contribution in [-0.4, -0.2) is 4.98 Å². The second-order valence-corrected chi connectivity index (χ2v) is 2.25. The maximum Gasteiger partial charge on any atom is 0.181 e. The highest BCUT2D eigenvalue weighted by atomic mass is 19.1. The fraction of sp³-hybridized carbons (Fsp3) is 0.125. The van der Waals surface area contributed by atoms with Gasteiger partial charge in [-0.2, -0.15) is 0 Å². The van der Waals surface area contributed by atoms with Crippen LogP contribution in [-0.2, 0) is 6.67 Å². The quantitative estimate of drug-likeness (QED) is 0.625. The lowest BCUT2D eigenvalue weighted by molar-refractivity contribution is 0.487. The first-order valence-corrected chi connectivity index (χ1v) is 3.29. The lowest BCUT2D eigenvalue weighted by atomic mass is 10.2. The van der Waals surface area contributed by atoms with E-state index in [9.17, 15) is 4.39 Å². The summed E-state index contributed by atoms with van der Waals surface area (Å²) in [6.45, 7) is -0.496. The Hall–Kier alpha value is -1.38. The molecule has 0 atom stereocenters. The van der Waals surface area contributed by atoms with Gasteiger partial charge in [-0.25, -0.2) is 9.37 Å². The molecule has 0 amide bonds. The molecule has 3 heteroatoms. The largest absolute Gasteiger partial charge is 0.443 e. The van der Waals surface area contributed by atoms with Crippen molar-refractivity contribution in [3.8, 4) is 0 Å². The molecular formula is C8H6FNO. The number of halogens is 1. The number of para-hydroxylation sites is 1. The Kier molecular flexibility index (Phi) is 1.35. The highest BCUT2D eigenvalue weighted by Gasteiger charge is 2.02. The molecule has 1 aromatic heterocycles. The van der Waals surface area contributed by atoms with E-state index < -0.39 is 6.67 Å². The van der Waals surface area contributed by atoms with Gasteiger partial charge in [0.25, 0.3) is 0 Å². The molecule has 11 heavy (non-hydrogen) atoms. The molecule has 0 aliphatic carbocycles. The Bertz CT molecular complexity index is 369. The number of oxazole rings is 1. The van der Waals surface area contributed by atoms with Crippen molar-refractivity contribution in [3.05, 3.63) is 30.2 Å². The van der Waals surface area contributed by atoms with E-state index in [4.69, 9.17) is 4.42 Å². The second-order valence-electron chi connectivity index (χ2n) is 2.25. The van der Waals surface area contributed by atoms with E-state index in [1.807, 2.05) is 0 Å². The van der Waals surface area contributed by atoms with Crippen molar-refractivity contribution < 1.29 is 8.81 Å². The summed E-state index contributed by atoms with van der Waals surface area (Å²) < 4.78 is 17.2. The smallest absolute Gasteiger partial charge is 0.181 e. The van der Waals surface area contributed by atoms with E-state index in [2.05, 4.69) is 4.98 Å². The van der Waals surface area contributed by atoms with Crippen LogP contribution in [0.25, 0.3) is 11.1 Å². The predicted octanol–water partition coefficient (Wildman–Crippen LogP) is 2.30. The monoisotopic (exact) mass is 151 g/mol. The van der Waals surface area contributed by atoms with Gasteiger partial charge in [-0.15, -0.1) is 0 Å². The highest BCUT2D eigenvalue weighted by molar-refractivity contribution is 5.75. The van der Waals surface area contributed by atoms with Crippen molar-refractivity contribution in [2.75, 3.05) is 0 Å². The summed E-state index contributed by atoms with van der Waals surface area (Å²) in [5.74, 6) is 0. The Balaban J connectivity index is 2.79. The number of hydrogen-bond acceptors (Lipinski definition) is 2. The van der Waals surface area contributed by atoms with Crippen LogP contribution in [0.5, 0.6) is 0 Å². The van der Waals surface area contributed by atoms with E-state index in [0.29, 0.717) is 16.7 Å². The van der Waals surface area contributed by atoms with Gasteiger partial charge in [0.2, 0.25) is 0 Å². The highest BCUT2D eigenvalue weighted by Crippen LogP contribution is 2.17. The number of hydrogen-bond donors (Lipinski definition) is 0. The molecule has 1 aromatic carbocycles. The van der Waals surface area contributed by atoms with Crippen LogP contribution in [0.4, 0.5) is 4.39 Å². The molecule has 0 saturated carbocycles. The van der Waals surface area contributed by atoms with Crippen molar-refractivity contribution in [3.63, 3.8) is 0 Å². The minimum atomic E-state index is -0.496. The number of aromatic nitrogens is 1. The molecule has 2 rings (SSSR count). The van der Waals surface area contributed by atoms with E-state index in [-0.39, 0.29) is 0 Å². The van der Waals surface area contributed by atoms with Gasteiger partial charge in [-0.05, 0) is 6.07 Å². The molecule has 0 spiro atoms. The third-order valence-corrected chi connectivity index (χ3v) is 1.59. The van der Waals surface area contributed by atoms with Crippen molar-refractivity contribution in [1.29, 1.82) is 0 Å². The molecular weight excluding hydrogens is 145 g/mol. The lowest BCUT2D eigenvalue weighted by Gasteiger charge is -1.91. The summed E-state index contributed by atoms with van der Waals surface area (Å²) in [6.07, 6.45) is 1.32. The molecule has 0 aliphatic heterocycles. The maximum atomic E-state index is 12.3. The molecule has 0 fully saturated rings. The first-order valence-electron chi connectivity index (χ1n) is 3.29. The van der Waals surface area contributed by atoms with E-state index >= 15 is 0 Å². The van der Waals surface area contributed by atoms with Gasteiger partial charge < -0.3 is 4.42 Å². The molecule has 0 aliphatic rings. The van der Waals surface area contributed by atoms with Crippen LogP contribution < -0.4 is 0 Å². The van der Waals surface area contributed by atoms with Crippen molar-refractivity contribution in [1.82, 2.24) is 4.98 Å². The Morgan fingerprint density at radius 2 is 2.36 bits per heavy atom. The fourth-order valence-corrected chi connectivity index (χ4v) is 1.05. The normalized spacial score (nSPS) is 10.6. The predicted molar refractivity (Wildman–Crippen MR) is 38.8 cm³/mol. The number of rotatable bonds is 1. The van der Waals surface area contributed by atoms with E-state index in [0.717, 1.165) is 0 Å². The van der Waals surface area contributed by atoms with Gasteiger partial charge in [0.15, 0.2) is 12.0 Å². The average Bonchev–Trinajstić information content (AvgIpc) is 2.50. The zero-order chi connectivity index (χ0) is 7.68. The molecule has 0 radical (unpaired) electrons. The molecule has 0 saturated heterocycles. The van der Waals surface area contributed by atoms with Gasteiger partial charge in [0, 0.05) is 5.56 Å². The topological polar surface area (TPSA) is 26.0 Å². The molecule has 0 unspecified atom stereocenters. The van der Waals surface area contributed by atoms with Gasteiger partial charge in [0.1, 0.15) is 12.2 Å². The zero-order valence-corrected chi connectivity index (χ0v) is 5.75. The van der Waals surface area contributed by atoms with Crippen molar-refractivity contribution in [2.45, 2.75) is 6.67 Å². The van der Waals surface area contributed by atoms with Crippen LogP contribution >= 0.6 is 0 Å². The third kappa shape index (κ3) is 0.888. The number of benzene rings is 1. The third-order valence-electron chi connectivity index (χ3n) is 1.59. The first-order chi connectivity index (χ1) is 5.42. The van der Waals surface area contributed by atoms with Crippen LogP contribution in [0.2, 0.25) is 0 Å². The average molecular weight is 151 g/mol. The van der Waals surface area contributed by atoms with Crippen LogP contribution in [0.3, 0.4) is 0 Å². The summed E-state index contributed by atoms with van der Waals surface area (Å²) in [5.41, 5.74) is 1.84. The van der Waals surface area contributed by atoms with Crippen LogP contribution in [0.15, 0.2) is 29.0 Å². The molecule has 1 heterocycles. The van der Waals surface area contributed by atoms with Gasteiger partial charge in [-0.1, -0.05) is 12.1 Å². The molecule has 0 N–H and O–H groups in total. The maximum absolute atomic E-state index is 12.3. The summed E-state index contributed by atoms with van der Waals surface area (Å²) >= 11 is 0. The Labute approximate surface area is 62.7 Å². The Morgan fingerprint density at radius 1 is 1.45 bits per heavy atom. The zero-order valence-electron chi connectivity index (χ0n) is 5.75. The molecule has 2 aromatic rings. The van der Waals surface area contributed by atoms with Crippen molar-refractivity contribution in [2.24, 2.45) is 0 Å². The second kappa shape index (κ2) is 2.34. The number of alkyl halides is 1. The van der Waals surface area contributed by atoms with Crippen LogP contribution in [0, 0.1) is 0 Å². The minimum absolute atomic E-state index is 0.496. The lowest BCUT2D eigenvalue weighted by Crippen LogP contribution is -1.79. The first kappa shape index (κ1) is 6.34. The van der Waals surface area contributed by atoms with Gasteiger partial charge >= 0.3 is 0 Å². The number of nitrogens with zero attached hydrogens (tertiary/aromatic N) is 1. The summed E-state index contributed by atoms with van der Waals surface area (Å²) in [4.78, 5) is 3.88. The van der Waals surface area contributed by atoms with Crippen molar-refractivity contribution >= 4 is 11.1 Å². The summed E-state index contributed by atoms with van der Waals surface area (Å²) in [7, 11) is 0.